The molecule has 0 spiro atoms. The van der Waals surface area contributed by atoms with Crippen molar-refractivity contribution in [2.24, 2.45) is 0 Å². The van der Waals surface area contributed by atoms with Gasteiger partial charge in [-0.15, -0.1) is 0 Å². The highest BCUT2D eigenvalue weighted by Gasteiger charge is 2.13. The van der Waals surface area contributed by atoms with Gasteiger partial charge in [0.05, 0.1) is 18.4 Å². The van der Waals surface area contributed by atoms with Crippen LogP contribution in [0.1, 0.15) is 17.3 Å². The molecule has 0 aromatic heterocycles. The fourth-order valence-electron chi connectivity index (χ4n) is 1.10. The molecule has 1 aromatic rings. The van der Waals surface area contributed by atoms with Crippen molar-refractivity contribution in [2.75, 3.05) is 12.4 Å². The monoisotopic (exact) mass is 211 g/mol. The Hall–Kier alpha value is -1.91. The first-order valence-electron chi connectivity index (χ1n) is 4.20. The van der Waals surface area contributed by atoms with Gasteiger partial charge >= 0.3 is 5.97 Å². The molecule has 0 radical (unpaired) electrons. The number of halogens is 1. The van der Waals surface area contributed by atoms with Crippen LogP contribution in [-0.4, -0.2) is 19.0 Å². The molecule has 4 nitrogen and oxygen atoms in total. The first-order valence-corrected chi connectivity index (χ1v) is 4.20. The van der Waals surface area contributed by atoms with Crippen LogP contribution < -0.4 is 5.32 Å². The molecule has 1 rings (SSSR count). The highest BCUT2D eigenvalue weighted by Crippen LogP contribution is 2.18. The zero-order valence-corrected chi connectivity index (χ0v) is 8.33. The van der Waals surface area contributed by atoms with Gasteiger partial charge in [0.25, 0.3) is 0 Å². The summed E-state index contributed by atoms with van der Waals surface area (Å²) in [6, 6.07) is 3.44. The maximum Gasteiger partial charge on any atom is 0.339 e. The molecule has 0 aliphatic rings. The first kappa shape index (κ1) is 11.2. The van der Waals surface area contributed by atoms with Gasteiger partial charge in [0, 0.05) is 6.92 Å². The number of carbonyl (C=O) groups is 2. The van der Waals surface area contributed by atoms with Crippen molar-refractivity contribution >= 4 is 17.6 Å². The fraction of sp³-hybridized carbons (Fsp3) is 0.200. The summed E-state index contributed by atoms with van der Waals surface area (Å²) in [5.41, 5.74) is 0.225. The number of rotatable bonds is 2. The molecule has 0 aliphatic carbocycles. The Morgan fingerprint density at radius 2 is 2.07 bits per heavy atom. The van der Waals surface area contributed by atoms with Gasteiger partial charge in [-0.05, 0) is 18.2 Å². The Bertz CT molecular complexity index is 404. The van der Waals surface area contributed by atoms with Gasteiger partial charge in [-0.3, -0.25) is 4.79 Å². The smallest absolute Gasteiger partial charge is 0.339 e. The van der Waals surface area contributed by atoms with E-state index < -0.39 is 11.8 Å². The van der Waals surface area contributed by atoms with Crippen molar-refractivity contribution in [3.8, 4) is 0 Å². The molecule has 1 amide bonds. The lowest BCUT2D eigenvalue weighted by Crippen LogP contribution is -2.12. The van der Waals surface area contributed by atoms with Crippen molar-refractivity contribution < 1.29 is 18.7 Å². The highest BCUT2D eigenvalue weighted by molar-refractivity contribution is 6.00. The van der Waals surface area contributed by atoms with Gasteiger partial charge in [-0.25, -0.2) is 9.18 Å². The van der Waals surface area contributed by atoms with E-state index in [2.05, 4.69) is 10.1 Å². The minimum absolute atomic E-state index is 0.106. The zero-order valence-electron chi connectivity index (χ0n) is 8.33. The van der Waals surface area contributed by atoms with Crippen LogP contribution in [0.4, 0.5) is 10.1 Å². The minimum Gasteiger partial charge on any atom is -0.465 e. The van der Waals surface area contributed by atoms with Gasteiger partial charge in [-0.1, -0.05) is 0 Å². The molecule has 0 fully saturated rings. The van der Waals surface area contributed by atoms with Crippen LogP contribution >= 0.6 is 0 Å². The van der Waals surface area contributed by atoms with Crippen molar-refractivity contribution in [1.82, 2.24) is 0 Å². The Kier molecular flexibility index (Phi) is 3.38. The number of amides is 1. The predicted molar refractivity (Wildman–Crippen MR) is 52.0 cm³/mol. The number of anilines is 1. The lowest BCUT2D eigenvalue weighted by Gasteiger charge is -2.07. The first-order chi connectivity index (χ1) is 7.04. The van der Waals surface area contributed by atoms with E-state index >= 15 is 0 Å². The molecule has 0 heterocycles. The Balaban J connectivity index is 3.13. The van der Waals surface area contributed by atoms with Crippen molar-refractivity contribution in [3.63, 3.8) is 0 Å². The average Bonchev–Trinajstić information content (AvgIpc) is 2.16. The topological polar surface area (TPSA) is 55.4 Å². The molecule has 0 saturated carbocycles. The summed E-state index contributed by atoms with van der Waals surface area (Å²) in [5, 5.41) is 2.35. The average molecular weight is 211 g/mol. The third kappa shape index (κ3) is 2.77. The Morgan fingerprint density at radius 1 is 1.40 bits per heavy atom. The van der Waals surface area contributed by atoms with E-state index in [1.165, 1.54) is 20.1 Å². The molecule has 0 aliphatic heterocycles. The summed E-state index contributed by atoms with van der Waals surface area (Å²) in [5.74, 6) is -1.55. The number of ether oxygens (including phenoxy) is 1. The maximum atomic E-state index is 12.9. The summed E-state index contributed by atoms with van der Waals surface area (Å²) in [6.07, 6.45) is 0. The van der Waals surface area contributed by atoms with E-state index in [4.69, 9.17) is 0 Å². The Morgan fingerprint density at radius 3 is 2.60 bits per heavy atom. The van der Waals surface area contributed by atoms with Crippen molar-refractivity contribution in [2.45, 2.75) is 6.92 Å². The van der Waals surface area contributed by atoms with Gasteiger partial charge in [-0.2, -0.15) is 0 Å². The van der Waals surface area contributed by atoms with E-state index in [0.717, 1.165) is 12.1 Å². The number of carbonyl (C=O) groups excluding carboxylic acids is 2. The second-order valence-electron chi connectivity index (χ2n) is 2.86. The maximum absolute atomic E-state index is 12.9. The van der Waals surface area contributed by atoms with E-state index in [1.54, 1.807) is 0 Å². The van der Waals surface area contributed by atoms with Crippen LogP contribution in [-0.2, 0) is 9.53 Å². The molecule has 1 aromatic carbocycles. The van der Waals surface area contributed by atoms with Crippen LogP contribution in [0.25, 0.3) is 0 Å². The summed E-state index contributed by atoms with van der Waals surface area (Å²) in [4.78, 5) is 22.0. The number of benzene rings is 1. The molecule has 5 heteroatoms. The van der Waals surface area contributed by atoms with Crippen LogP contribution in [0.2, 0.25) is 0 Å². The molecule has 80 valence electrons. The van der Waals surface area contributed by atoms with Crippen molar-refractivity contribution in [1.29, 1.82) is 0 Å². The van der Waals surface area contributed by atoms with E-state index in [9.17, 15) is 14.0 Å². The summed E-state index contributed by atoms with van der Waals surface area (Å²) >= 11 is 0. The molecule has 0 unspecified atom stereocenters. The lowest BCUT2D eigenvalue weighted by atomic mass is 10.1. The van der Waals surface area contributed by atoms with Crippen LogP contribution in [0.5, 0.6) is 0 Å². The summed E-state index contributed by atoms with van der Waals surface area (Å²) < 4.78 is 17.3. The largest absolute Gasteiger partial charge is 0.465 e. The van der Waals surface area contributed by atoms with Gasteiger partial charge in [0.1, 0.15) is 5.82 Å². The van der Waals surface area contributed by atoms with Crippen LogP contribution in [0.15, 0.2) is 18.2 Å². The predicted octanol–water partition coefficient (Wildman–Crippen LogP) is 1.57. The van der Waals surface area contributed by atoms with Crippen LogP contribution in [0.3, 0.4) is 0 Å². The quantitative estimate of drug-likeness (QED) is 0.755. The van der Waals surface area contributed by atoms with Gasteiger partial charge < -0.3 is 10.1 Å². The van der Waals surface area contributed by atoms with Crippen molar-refractivity contribution in [3.05, 3.63) is 29.6 Å². The molecule has 1 N–H and O–H groups in total. The minimum atomic E-state index is -0.626. The van der Waals surface area contributed by atoms with E-state index in [0.29, 0.717) is 0 Å². The SMILES string of the molecule is COC(=O)c1ccc(F)cc1NC(C)=O. The highest BCUT2D eigenvalue weighted by atomic mass is 19.1. The summed E-state index contributed by atoms with van der Waals surface area (Å²) in [6.45, 7) is 1.27. The summed E-state index contributed by atoms with van der Waals surface area (Å²) in [7, 11) is 1.21. The molecular weight excluding hydrogens is 201 g/mol. The molecule has 0 saturated heterocycles. The lowest BCUT2D eigenvalue weighted by molar-refractivity contribution is -0.114. The fourth-order valence-corrected chi connectivity index (χ4v) is 1.10. The third-order valence-corrected chi connectivity index (χ3v) is 1.70. The number of hydrogen-bond donors (Lipinski definition) is 1. The molecule has 0 atom stereocenters. The van der Waals surface area contributed by atoms with E-state index in [1.807, 2.05) is 0 Å². The Labute approximate surface area is 86.0 Å². The number of methoxy groups -OCH3 is 1. The second kappa shape index (κ2) is 4.54. The number of nitrogens with one attached hydrogen (secondary N) is 1. The number of hydrogen-bond acceptors (Lipinski definition) is 3. The second-order valence-corrected chi connectivity index (χ2v) is 2.86. The third-order valence-electron chi connectivity index (χ3n) is 1.70. The molecular formula is C10H10FNO3. The standard InChI is InChI=1S/C10H10FNO3/c1-6(13)12-9-5-7(11)3-4-8(9)10(14)15-2/h3-5H,1-2H3,(H,12,13). The molecule has 0 bridgehead atoms. The van der Waals surface area contributed by atoms with E-state index in [-0.39, 0.29) is 17.2 Å². The van der Waals surface area contributed by atoms with Gasteiger partial charge in [0.2, 0.25) is 5.91 Å². The van der Waals surface area contributed by atoms with Gasteiger partial charge in [0.15, 0.2) is 0 Å². The van der Waals surface area contributed by atoms with Crippen LogP contribution in [0, 0.1) is 5.82 Å². The zero-order chi connectivity index (χ0) is 11.4. The molecule has 15 heavy (non-hydrogen) atoms. The normalized spacial score (nSPS) is 9.53. The number of esters is 1.